The number of nitriles is 1. The molecule has 0 fully saturated rings. The van der Waals surface area contributed by atoms with Crippen LogP contribution < -0.4 is 0 Å². The molecule has 1 aromatic carbocycles. The van der Waals surface area contributed by atoms with Gasteiger partial charge in [-0.3, -0.25) is 0 Å². The van der Waals surface area contributed by atoms with Crippen molar-refractivity contribution in [1.82, 2.24) is 19.8 Å². The molecule has 0 aliphatic carbocycles. The van der Waals surface area contributed by atoms with E-state index in [1.807, 2.05) is 0 Å². The van der Waals surface area contributed by atoms with Crippen LogP contribution in [0, 0.1) is 11.3 Å². The summed E-state index contributed by atoms with van der Waals surface area (Å²) in [4.78, 5) is 0. The smallest absolute Gasteiger partial charge is 0.198 e. The summed E-state index contributed by atoms with van der Waals surface area (Å²) in [7, 11) is 0. The van der Waals surface area contributed by atoms with Crippen molar-refractivity contribution in [3.05, 3.63) is 47.3 Å². The van der Waals surface area contributed by atoms with Gasteiger partial charge in [-0.25, -0.2) is 0 Å². The van der Waals surface area contributed by atoms with Crippen LogP contribution in [0.25, 0.3) is 16.9 Å². The number of halogens is 5. The Hall–Kier alpha value is -3.09. The van der Waals surface area contributed by atoms with Gasteiger partial charge in [0.15, 0.2) is 5.65 Å². The van der Waals surface area contributed by atoms with Crippen molar-refractivity contribution in [3.63, 3.8) is 0 Å². The largest absolute Gasteiger partial charge is 0.416 e. The zero-order valence-corrected chi connectivity index (χ0v) is 12.5. The van der Waals surface area contributed by atoms with Crippen molar-refractivity contribution in [2.24, 2.45) is 0 Å². The molecule has 3 aromatic rings. The van der Waals surface area contributed by atoms with E-state index in [1.54, 1.807) is 6.07 Å². The highest BCUT2D eigenvalue weighted by atomic mass is 19.4. The average Bonchev–Trinajstić information content (AvgIpc) is 2.96. The van der Waals surface area contributed by atoms with E-state index in [0.717, 1.165) is 16.6 Å². The van der Waals surface area contributed by atoms with E-state index in [4.69, 9.17) is 5.26 Å². The number of hydrogen-bond acceptors (Lipinski definition) is 4. The lowest BCUT2D eigenvalue weighted by atomic mass is 10.0. The quantitative estimate of drug-likeness (QED) is 0.658. The number of hydrogen-bond donors (Lipinski definition) is 0. The number of nitrogens with zero attached hydrogens (tertiary/aromatic N) is 5. The molecule has 128 valence electrons. The van der Waals surface area contributed by atoms with E-state index in [-0.39, 0.29) is 22.5 Å². The first-order valence-corrected chi connectivity index (χ1v) is 6.84. The summed E-state index contributed by atoms with van der Waals surface area (Å²) >= 11 is 0. The predicted octanol–water partition coefficient (Wildman–Crippen LogP) is 3.79. The van der Waals surface area contributed by atoms with Gasteiger partial charge in [0.1, 0.15) is 0 Å². The van der Waals surface area contributed by atoms with Crippen molar-refractivity contribution >= 4 is 5.65 Å². The molecule has 0 spiro atoms. The minimum absolute atomic E-state index is 0.0445. The van der Waals surface area contributed by atoms with Crippen LogP contribution >= 0.6 is 0 Å². The van der Waals surface area contributed by atoms with Gasteiger partial charge in [-0.1, -0.05) is 6.07 Å². The number of benzene rings is 1. The third-order valence-electron chi connectivity index (χ3n) is 3.40. The van der Waals surface area contributed by atoms with Crippen LogP contribution in [0.3, 0.4) is 0 Å². The van der Waals surface area contributed by atoms with Crippen LogP contribution in [0.5, 0.6) is 0 Å². The first-order valence-electron chi connectivity index (χ1n) is 6.84. The molecular formula is C15H8F5N5. The fourth-order valence-electron chi connectivity index (χ4n) is 2.24. The third kappa shape index (κ3) is 3.00. The van der Waals surface area contributed by atoms with E-state index in [1.165, 1.54) is 12.1 Å². The molecule has 0 saturated carbocycles. The molecule has 0 bridgehead atoms. The molecule has 2 heterocycles. The second-order valence-corrected chi connectivity index (χ2v) is 5.27. The molecule has 5 nitrogen and oxygen atoms in total. The summed E-state index contributed by atoms with van der Waals surface area (Å²) in [6, 6.07) is 6.92. The Morgan fingerprint density at radius 1 is 1.04 bits per heavy atom. The van der Waals surface area contributed by atoms with Crippen molar-refractivity contribution in [3.8, 4) is 17.3 Å². The van der Waals surface area contributed by atoms with Gasteiger partial charge in [0, 0.05) is 12.5 Å². The summed E-state index contributed by atoms with van der Waals surface area (Å²) in [5.74, 6) is -4.03. The fourth-order valence-corrected chi connectivity index (χ4v) is 2.24. The summed E-state index contributed by atoms with van der Waals surface area (Å²) in [5.41, 5.74) is -1.09. The van der Waals surface area contributed by atoms with Gasteiger partial charge in [0.05, 0.1) is 22.9 Å². The highest BCUT2D eigenvalue weighted by Crippen LogP contribution is 2.33. The van der Waals surface area contributed by atoms with E-state index in [2.05, 4.69) is 15.3 Å². The van der Waals surface area contributed by atoms with Crippen molar-refractivity contribution in [2.45, 2.75) is 19.0 Å². The number of rotatable bonds is 2. The average molecular weight is 353 g/mol. The highest BCUT2D eigenvalue weighted by Gasteiger charge is 2.33. The van der Waals surface area contributed by atoms with Gasteiger partial charge < -0.3 is 0 Å². The van der Waals surface area contributed by atoms with Crippen LogP contribution in [0.1, 0.15) is 23.9 Å². The fraction of sp³-hybridized carbons (Fsp3) is 0.200. The van der Waals surface area contributed by atoms with Gasteiger partial charge in [0.2, 0.25) is 5.82 Å². The van der Waals surface area contributed by atoms with Crippen LogP contribution in [-0.2, 0) is 12.1 Å². The van der Waals surface area contributed by atoms with Gasteiger partial charge in [0.25, 0.3) is 0 Å². The Bertz CT molecular complexity index is 994. The molecule has 0 atom stereocenters. The predicted molar refractivity (Wildman–Crippen MR) is 75.5 cm³/mol. The standard InChI is InChI=1S/C15H8F5N5/c1-14(16,17)13-23-22-12-5-4-11(24-25(12)13)10-3-2-9(15(18,19)20)6-8(10)7-21/h2-6H,1H3. The molecule has 0 saturated heterocycles. The zero-order chi connectivity index (χ0) is 18.4. The molecule has 10 heteroatoms. The molecule has 3 rings (SSSR count). The van der Waals surface area contributed by atoms with Crippen molar-refractivity contribution in [1.29, 1.82) is 5.26 Å². The highest BCUT2D eigenvalue weighted by molar-refractivity contribution is 5.68. The molecule has 0 aliphatic heterocycles. The SMILES string of the molecule is CC(F)(F)c1nnc2ccc(-c3ccc(C(F)(F)F)cc3C#N)nn12. The van der Waals surface area contributed by atoms with Crippen molar-refractivity contribution in [2.75, 3.05) is 0 Å². The summed E-state index contributed by atoms with van der Waals surface area (Å²) in [6.07, 6.45) is -4.60. The molecule has 0 unspecified atom stereocenters. The molecule has 2 aromatic heterocycles. The Kier molecular flexibility index (Phi) is 3.67. The summed E-state index contributed by atoms with van der Waals surface area (Å²) < 4.78 is 66.2. The van der Waals surface area contributed by atoms with Crippen LogP contribution in [0.15, 0.2) is 30.3 Å². The summed E-state index contributed by atoms with van der Waals surface area (Å²) in [6.45, 7) is 0.622. The monoisotopic (exact) mass is 353 g/mol. The van der Waals surface area contributed by atoms with Gasteiger partial charge in [-0.05, 0) is 24.3 Å². The molecular weight excluding hydrogens is 345 g/mol. The Labute approximate surface area is 137 Å². The first kappa shape index (κ1) is 16.8. The molecule has 0 radical (unpaired) electrons. The first-order chi connectivity index (χ1) is 11.6. The Morgan fingerprint density at radius 3 is 2.36 bits per heavy atom. The number of aromatic nitrogens is 4. The van der Waals surface area contributed by atoms with Gasteiger partial charge in [-0.15, -0.1) is 10.2 Å². The second kappa shape index (κ2) is 5.47. The Balaban J connectivity index is 2.18. The van der Waals surface area contributed by atoms with Crippen molar-refractivity contribution < 1.29 is 22.0 Å². The van der Waals surface area contributed by atoms with E-state index in [9.17, 15) is 22.0 Å². The topological polar surface area (TPSA) is 66.9 Å². The molecule has 25 heavy (non-hydrogen) atoms. The second-order valence-electron chi connectivity index (χ2n) is 5.27. The lowest BCUT2D eigenvalue weighted by molar-refractivity contribution is -0.137. The lowest BCUT2D eigenvalue weighted by Crippen LogP contribution is -2.14. The van der Waals surface area contributed by atoms with Gasteiger partial charge in [-0.2, -0.15) is 36.8 Å². The molecule has 0 N–H and O–H groups in total. The minimum atomic E-state index is -4.60. The maximum atomic E-state index is 13.5. The van der Waals surface area contributed by atoms with E-state index < -0.39 is 23.5 Å². The van der Waals surface area contributed by atoms with Gasteiger partial charge >= 0.3 is 12.1 Å². The van der Waals surface area contributed by atoms with Crippen LogP contribution in [0.2, 0.25) is 0 Å². The molecule has 0 amide bonds. The van der Waals surface area contributed by atoms with E-state index >= 15 is 0 Å². The number of fused-ring (bicyclic) bond motifs is 1. The number of alkyl halides is 5. The van der Waals surface area contributed by atoms with E-state index in [0.29, 0.717) is 13.0 Å². The third-order valence-corrected chi connectivity index (χ3v) is 3.40. The summed E-state index contributed by atoms with van der Waals surface area (Å²) in [5, 5.41) is 20.0. The Morgan fingerprint density at radius 2 is 1.76 bits per heavy atom. The minimum Gasteiger partial charge on any atom is -0.198 e. The van der Waals surface area contributed by atoms with Crippen LogP contribution in [0.4, 0.5) is 22.0 Å². The lowest BCUT2D eigenvalue weighted by Gasteiger charge is -2.10. The van der Waals surface area contributed by atoms with Crippen LogP contribution in [-0.4, -0.2) is 19.8 Å². The maximum absolute atomic E-state index is 13.5. The molecule has 0 aliphatic rings. The zero-order valence-electron chi connectivity index (χ0n) is 12.5. The maximum Gasteiger partial charge on any atom is 0.416 e. The normalized spacial score (nSPS) is 12.4.